The maximum Gasteiger partial charge on any atom is 0.416 e. The molecule has 5 rings (SSSR count). The van der Waals surface area contributed by atoms with Crippen LogP contribution in [0.15, 0.2) is 60.1 Å². The van der Waals surface area contributed by atoms with Crippen LogP contribution in [0.5, 0.6) is 0 Å². The van der Waals surface area contributed by atoms with Crippen LogP contribution in [-0.4, -0.2) is 46.5 Å². The fourth-order valence-corrected chi connectivity index (χ4v) is 4.58. The van der Waals surface area contributed by atoms with Crippen LogP contribution in [0.4, 0.5) is 13.2 Å². The molecule has 5 nitrogen and oxygen atoms in total. The lowest BCUT2D eigenvalue weighted by atomic mass is 10.1. The molecule has 164 valence electrons. The first-order valence-corrected chi connectivity index (χ1v) is 10.9. The smallest absolute Gasteiger partial charge is 0.378 e. The molecule has 0 N–H and O–H groups in total. The van der Waals surface area contributed by atoms with Gasteiger partial charge >= 0.3 is 6.18 Å². The normalized spacial score (nSPS) is 14.8. The Kier molecular flexibility index (Phi) is 5.22. The van der Waals surface area contributed by atoms with Crippen LogP contribution in [0.2, 0.25) is 0 Å². The molecule has 0 radical (unpaired) electrons. The Balaban J connectivity index is 1.40. The second-order valence-electron chi connectivity index (χ2n) is 7.46. The fourth-order valence-electron chi connectivity index (χ4n) is 3.69. The first-order valence-electron chi connectivity index (χ1n) is 10.0. The van der Waals surface area contributed by atoms with Gasteiger partial charge < -0.3 is 9.64 Å². The number of thiazole rings is 1. The Morgan fingerprint density at radius 2 is 1.62 bits per heavy atom. The average molecular weight is 457 g/mol. The van der Waals surface area contributed by atoms with Crippen molar-refractivity contribution in [3.63, 3.8) is 0 Å². The molecule has 1 aliphatic heterocycles. The van der Waals surface area contributed by atoms with E-state index in [0.717, 1.165) is 34.0 Å². The van der Waals surface area contributed by atoms with Gasteiger partial charge in [0.15, 0.2) is 4.96 Å². The maximum atomic E-state index is 12.8. The Morgan fingerprint density at radius 3 is 2.28 bits per heavy atom. The summed E-state index contributed by atoms with van der Waals surface area (Å²) in [6, 6.07) is 12.4. The summed E-state index contributed by atoms with van der Waals surface area (Å²) >= 11 is 1.42. The molecule has 4 aromatic rings. The number of halogens is 3. The first-order chi connectivity index (χ1) is 15.4. The van der Waals surface area contributed by atoms with Crippen molar-refractivity contribution in [1.29, 1.82) is 0 Å². The van der Waals surface area contributed by atoms with Crippen molar-refractivity contribution in [2.24, 2.45) is 0 Å². The van der Waals surface area contributed by atoms with Crippen molar-refractivity contribution in [1.82, 2.24) is 14.3 Å². The number of aromatic nitrogens is 2. The van der Waals surface area contributed by atoms with Crippen LogP contribution in [-0.2, 0) is 10.9 Å². The minimum Gasteiger partial charge on any atom is -0.378 e. The molecule has 32 heavy (non-hydrogen) atoms. The zero-order valence-corrected chi connectivity index (χ0v) is 17.6. The molecular weight excluding hydrogens is 439 g/mol. The van der Waals surface area contributed by atoms with Gasteiger partial charge in [-0.25, -0.2) is 4.98 Å². The molecular formula is C23H18F3N3O2S. The van der Waals surface area contributed by atoms with Crippen molar-refractivity contribution in [2.75, 3.05) is 26.3 Å². The second kappa shape index (κ2) is 8.07. The van der Waals surface area contributed by atoms with Gasteiger partial charge in [0, 0.05) is 35.8 Å². The van der Waals surface area contributed by atoms with Crippen LogP contribution < -0.4 is 0 Å². The van der Waals surface area contributed by atoms with Crippen LogP contribution in [0.3, 0.4) is 0 Å². The Bertz CT molecular complexity index is 1250. The van der Waals surface area contributed by atoms with E-state index in [1.807, 2.05) is 28.1 Å². The lowest BCUT2D eigenvalue weighted by Gasteiger charge is -2.26. The summed E-state index contributed by atoms with van der Waals surface area (Å²) in [5.41, 5.74) is 2.98. The van der Waals surface area contributed by atoms with Crippen molar-refractivity contribution >= 4 is 22.2 Å². The van der Waals surface area contributed by atoms with Crippen LogP contribution >= 0.6 is 11.3 Å². The van der Waals surface area contributed by atoms with E-state index in [0.29, 0.717) is 37.4 Å². The Labute approximate surface area is 185 Å². The number of imidazole rings is 1. The molecule has 0 spiro atoms. The van der Waals surface area contributed by atoms with E-state index >= 15 is 0 Å². The van der Waals surface area contributed by atoms with Gasteiger partial charge in [-0.05, 0) is 29.8 Å². The number of alkyl halides is 3. The molecule has 1 saturated heterocycles. The number of hydrogen-bond acceptors (Lipinski definition) is 4. The fraction of sp³-hybridized carbons (Fsp3) is 0.217. The van der Waals surface area contributed by atoms with Gasteiger partial charge in [0.1, 0.15) is 0 Å². The Hall–Kier alpha value is -3.17. The van der Waals surface area contributed by atoms with Gasteiger partial charge in [-0.1, -0.05) is 24.3 Å². The SMILES string of the molecule is O=C(c1ccc(-c2cn3c(-c4ccc(C(F)(F)F)cc4)csc3n2)cc1)N1CCOCC1. The van der Waals surface area contributed by atoms with Crippen molar-refractivity contribution < 1.29 is 22.7 Å². The third kappa shape index (κ3) is 3.89. The zero-order chi connectivity index (χ0) is 22.3. The van der Waals surface area contributed by atoms with Crippen molar-refractivity contribution in [2.45, 2.75) is 6.18 Å². The molecule has 1 aliphatic rings. The third-order valence-corrected chi connectivity index (χ3v) is 6.28. The molecule has 0 unspecified atom stereocenters. The van der Waals surface area contributed by atoms with Crippen LogP contribution in [0.25, 0.3) is 27.5 Å². The number of nitrogens with zero attached hydrogens (tertiary/aromatic N) is 3. The molecule has 1 amide bonds. The first kappa shape index (κ1) is 20.7. The molecule has 3 heterocycles. The number of rotatable bonds is 3. The summed E-state index contributed by atoms with van der Waals surface area (Å²) in [5, 5.41) is 1.87. The lowest BCUT2D eigenvalue weighted by Crippen LogP contribution is -2.40. The van der Waals surface area contributed by atoms with E-state index < -0.39 is 11.7 Å². The number of benzene rings is 2. The molecule has 0 atom stereocenters. The summed E-state index contributed by atoms with van der Waals surface area (Å²) in [4.78, 5) is 19.8. The van der Waals surface area contributed by atoms with Gasteiger partial charge in [0.25, 0.3) is 5.91 Å². The molecule has 0 bridgehead atoms. The highest BCUT2D eigenvalue weighted by atomic mass is 32.1. The molecule has 2 aromatic carbocycles. The number of fused-ring (bicyclic) bond motifs is 1. The average Bonchev–Trinajstić information content (AvgIpc) is 3.40. The summed E-state index contributed by atoms with van der Waals surface area (Å²) in [7, 11) is 0. The van der Waals surface area contributed by atoms with E-state index in [1.54, 1.807) is 17.0 Å². The number of ether oxygens (including phenoxy) is 1. The monoisotopic (exact) mass is 457 g/mol. The summed E-state index contributed by atoms with van der Waals surface area (Å²) < 4.78 is 45.7. The summed E-state index contributed by atoms with van der Waals surface area (Å²) in [6.07, 6.45) is -2.50. The number of amides is 1. The largest absolute Gasteiger partial charge is 0.416 e. The zero-order valence-electron chi connectivity index (χ0n) is 16.8. The van der Waals surface area contributed by atoms with Crippen LogP contribution in [0.1, 0.15) is 15.9 Å². The highest BCUT2D eigenvalue weighted by Crippen LogP contribution is 2.33. The quantitative estimate of drug-likeness (QED) is 0.424. The summed E-state index contributed by atoms with van der Waals surface area (Å²) in [6.45, 7) is 2.28. The van der Waals surface area contributed by atoms with E-state index in [9.17, 15) is 18.0 Å². The standard InChI is InChI=1S/C23H18F3N3O2S/c24-23(25,26)18-7-5-16(6-8-18)20-14-32-22-27-19(13-29(20)22)15-1-3-17(4-2-15)21(30)28-9-11-31-12-10-28/h1-8,13-14H,9-12H2. The van der Waals surface area contributed by atoms with Gasteiger partial charge in [0.2, 0.25) is 0 Å². The predicted octanol–water partition coefficient (Wildman–Crippen LogP) is 5.22. The minimum absolute atomic E-state index is 0.0183. The highest BCUT2D eigenvalue weighted by Gasteiger charge is 2.30. The number of morpholine rings is 1. The van der Waals surface area contributed by atoms with Crippen molar-refractivity contribution in [3.8, 4) is 22.5 Å². The van der Waals surface area contributed by atoms with Gasteiger partial charge in [-0.15, -0.1) is 11.3 Å². The molecule has 0 aliphatic carbocycles. The van der Waals surface area contributed by atoms with Gasteiger partial charge in [-0.3, -0.25) is 9.20 Å². The van der Waals surface area contributed by atoms with Gasteiger partial charge in [0.05, 0.1) is 30.2 Å². The van der Waals surface area contributed by atoms with Crippen LogP contribution in [0, 0.1) is 0 Å². The molecule has 2 aromatic heterocycles. The second-order valence-corrected chi connectivity index (χ2v) is 8.29. The van der Waals surface area contributed by atoms with E-state index in [4.69, 9.17) is 4.74 Å². The molecule has 1 fully saturated rings. The van der Waals surface area contributed by atoms with Gasteiger partial charge in [-0.2, -0.15) is 13.2 Å². The topological polar surface area (TPSA) is 46.8 Å². The summed E-state index contributed by atoms with van der Waals surface area (Å²) in [5.74, 6) is -0.0183. The number of carbonyl (C=O) groups excluding carboxylic acids is 1. The van der Waals surface area contributed by atoms with Crippen molar-refractivity contribution in [3.05, 3.63) is 71.2 Å². The number of hydrogen-bond donors (Lipinski definition) is 0. The molecule has 9 heteroatoms. The lowest BCUT2D eigenvalue weighted by molar-refractivity contribution is -0.137. The Morgan fingerprint density at radius 1 is 0.969 bits per heavy atom. The number of carbonyl (C=O) groups is 1. The minimum atomic E-state index is -4.36. The third-order valence-electron chi connectivity index (χ3n) is 5.44. The highest BCUT2D eigenvalue weighted by molar-refractivity contribution is 7.15. The predicted molar refractivity (Wildman–Crippen MR) is 116 cm³/mol. The van der Waals surface area contributed by atoms with E-state index in [2.05, 4.69) is 4.98 Å². The molecule has 0 saturated carbocycles. The van der Waals surface area contributed by atoms with E-state index in [1.165, 1.54) is 23.5 Å². The maximum absolute atomic E-state index is 12.8. The van der Waals surface area contributed by atoms with E-state index in [-0.39, 0.29) is 5.91 Å².